The largest absolute Gasteiger partial charge is 0.382 e. The van der Waals surface area contributed by atoms with Gasteiger partial charge in [0, 0.05) is 36.0 Å². The summed E-state index contributed by atoms with van der Waals surface area (Å²) in [6, 6.07) is 13.6. The highest BCUT2D eigenvalue weighted by molar-refractivity contribution is 6.31. The van der Waals surface area contributed by atoms with Gasteiger partial charge in [0.05, 0.1) is 25.6 Å². The second-order valence-corrected chi connectivity index (χ2v) is 8.32. The summed E-state index contributed by atoms with van der Waals surface area (Å²) in [7, 11) is 0. The Morgan fingerprint density at radius 2 is 1.94 bits per heavy atom. The van der Waals surface area contributed by atoms with Gasteiger partial charge in [0.1, 0.15) is 5.82 Å². The second kappa shape index (κ2) is 11.6. The van der Waals surface area contributed by atoms with Crippen molar-refractivity contribution in [3.63, 3.8) is 0 Å². The summed E-state index contributed by atoms with van der Waals surface area (Å²) in [4.78, 5) is 22.4. The molecule has 10 heteroatoms. The van der Waals surface area contributed by atoms with Gasteiger partial charge in [-0.25, -0.2) is 14.8 Å². The molecule has 1 aliphatic heterocycles. The number of nitrogens with one attached hydrogen (secondary N) is 3. The number of halogens is 1. The van der Waals surface area contributed by atoms with Crippen molar-refractivity contribution in [1.29, 1.82) is 0 Å². The molecule has 5 N–H and O–H groups in total. The highest BCUT2D eigenvalue weighted by atomic mass is 35.5. The Labute approximate surface area is 203 Å². The van der Waals surface area contributed by atoms with Crippen LogP contribution < -0.4 is 26.6 Å². The van der Waals surface area contributed by atoms with Crippen molar-refractivity contribution >= 4 is 40.6 Å². The number of hydrogen-bond acceptors (Lipinski definition) is 7. The molecule has 9 nitrogen and oxygen atoms in total. The Morgan fingerprint density at radius 1 is 1.09 bits per heavy atom. The predicted octanol–water partition coefficient (Wildman–Crippen LogP) is 3.53. The standard InChI is InChI=1S/C24H28ClN7O2/c25-21-13-19(30-24(33)31-23-16-28-22(26)15-29-23)5-4-18(21)6-7-27-14-17-2-1-3-20(12-17)32-8-10-34-11-9-32/h1-5,12-13,15-16,27H,6-11,14H2,(H2,26,28)(H2,29,30,31,33). The number of ether oxygens (including phenoxy) is 1. The van der Waals surface area contributed by atoms with Crippen molar-refractivity contribution in [3.05, 3.63) is 71.0 Å². The molecule has 2 heterocycles. The van der Waals surface area contributed by atoms with Crippen LogP contribution >= 0.6 is 11.6 Å². The molecule has 0 unspecified atom stereocenters. The highest BCUT2D eigenvalue weighted by Crippen LogP contribution is 2.22. The lowest BCUT2D eigenvalue weighted by molar-refractivity contribution is 0.122. The minimum Gasteiger partial charge on any atom is -0.382 e. The van der Waals surface area contributed by atoms with E-state index >= 15 is 0 Å². The van der Waals surface area contributed by atoms with Gasteiger partial charge in [-0.1, -0.05) is 29.8 Å². The number of rotatable bonds is 8. The van der Waals surface area contributed by atoms with Crippen molar-refractivity contribution < 1.29 is 9.53 Å². The quantitative estimate of drug-likeness (QED) is 0.363. The second-order valence-electron chi connectivity index (χ2n) is 7.91. The van der Waals surface area contributed by atoms with Crippen molar-refractivity contribution in [2.24, 2.45) is 0 Å². The third-order valence-electron chi connectivity index (χ3n) is 5.41. The van der Waals surface area contributed by atoms with E-state index in [2.05, 4.69) is 55.1 Å². The number of urea groups is 1. The minimum absolute atomic E-state index is 0.282. The van der Waals surface area contributed by atoms with Gasteiger partial charge in [0.2, 0.25) is 0 Å². The Balaban J connectivity index is 1.23. The first-order valence-electron chi connectivity index (χ1n) is 11.1. The third kappa shape index (κ3) is 6.80. The van der Waals surface area contributed by atoms with Crippen LogP contribution in [0.4, 0.5) is 27.8 Å². The van der Waals surface area contributed by atoms with Crippen LogP contribution in [-0.4, -0.2) is 48.8 Å². The topological polar surface area (TPSA) is 117 Å². The molecule has 3 aromatic rings. The lowest BCUT2D eigenvalue weighted by atomic mass is 10.1. The maximum absolute atomic E-state index is 12.2. The van der Waals surface area contributed by atoms with Crippen molar-refractivity contribution in [2.45, 2.75) is 13.0 Å². The molecule has 0 bridgehead atoms. The van der Waals surface area contributed by atoms with E-state index in [0.29, 0.717) is 16.5 Å². The van der Waals surface area contributed by atoms with Gasteiger partial charge in [0.15, 0.2) is 5.82 Å². The Bertz CT molecular complexity index is 1100. The van der Waals surface area contributed by atoms with E-state index in [4.69, 9.17) is 22.1 Å². The number of carbonyl (C=O) groups excluding carboxylic acids is 1. The zero-order valence-electron chi connectivity index (χ0n) is 18.8. The zero-order valence-corrected chi connectivity index (χ0v) is 19.5. The maximum atomic E-state index is 12.2. The normalized spacial score (nSPS) is 13.5. The number of morpholine rings is 1. The number of hydrogen-bond donors (Lipinski definition) is 4. The van der Waals surface area contributed by atoms with Crippen LogP contribution in [0, 0.1) is 0 Å². The van der Waals surface area contributed by atoms with E-state index < -0.39 is 6.03 Å². The lowest BCUT2D eigenvalue weighted by Crippen LogP contribution is -2.36. The van der Waals surface area contributed by atoms with Crippen LogP contribution in [0.3, 0.4) is 0 Å². The first-order chi connectivity index (χ1) is 16.6. The van der Waals surface area contributed by atoms with Gasteiger partial charge >= 0.3 is 6.03 Å². The van der Waals surface area contributed by atoms with Gasteiger partial charge in [-0.15, -0.1) is 0 Å². The number of anilines is 4. The summed E-state index contributed by atoms with van der Waals surface area (Å²) in [6.45, 7) is 4.97. The molecule has 0 aliphatic carbocycles. The number of carbonyl (C=O) groups is 1. The molecule has 1 aromatic heterocycles. The van der Waals surface area contributed by atoms with E-state index in [1.807, 2.05) is 12.1 Å². The summed E-state index contributed by atoms with van der Waals surface area (Å²) in [5, 5.41) is 9.41. The number of nitrogens with two attached hydrogens (primary N) is 1. The molecule has 2 aromatic carbocycles. The van der Waals surface area contributed by atoms with E-state index in [0.717, 1.165) is 51.4 Å². The minimum atomic E-state index is -0.441. The number of aromatic nitrogens is 2. The molecular weight excluding hydrogens is 454 g/mol. The maximum Gasteiger partial charge on any atom is 0.324 e. The summed E-state index contributed by atoms with van der Waals surface area (Å²) >= 11 is 6.44. The van der Waals surface area contributed by atoms with Crippen LogP contribution in [0.2, 0.25) is 5.02 Å². The van der Waals surface area contributed by atoms with Crippen LogP contribution in [-0.2, 0) is 17.7 Å². The highest BCUT2D eigenvalue weighted by Gasteiger charge is 2.11. The number of nitrogen functional groups attached to an aromatic ring is 1. The number of benzene rings is 2. The molecule has 0 spiro atoms. The SMILES string of the molecule is Nc1cnc(NC(=O)Nc2ccc(CCNCc3cccc(N4CCOCC4)c3)c(Cl)c2)cn1. The Hall–Kier alpha value is -3.40. The van der Waals surface area contributed by atoms with Crippen molar-refractivity contribution in [3.8, 4) is 0 Å². The van der Waals surface area contributed by atoms with Crippen LogP contribution in [0.15, 0.2) is 54.9 Å². The first-order valence-corrected chi connectivity index (χ1v) is 11.5. The molecule has 0 saturated carbocycles. The molecule has 0 atom stereocenters. The van der Waals surface area contributed by atoms with Crippen LogP contribution in [0.1, 0.15) is 11.1 Å². The smallest absolute Gasteiger partial charge is 0.324 e. The molecule has 34 heavy (non-hydrogen) atoms. The first kappa shape index (κ1) is 23.7. The van der Waals surface area contributed by atoms with Crippen molar-refractivity contribution in [1.82, 2.24) is 15.3 Å². The summed E-state index contributed by atoms with van der Waals surface area (Å²) < 4.78 is 5.44. The summed E-state index contributed by atoms with van der Waals surface area (Å²) in [6.07, 6.45) is 3.53. The summed E-state index contributed by atoms with van der Waals surface area (Å²) in [5.41, 5.74) is 9.56. The van der Waals surface area contributed by atoms with Crippen molar-refractivity contribution in [2.75, 3.05) is 54.1 Å². The molecule has 2 amide bonds. The lowest BCUT2D eigenvalue weighted by Gasteiger charge is -2.29. The van der Waals surface area contributed by atoms with Gasteiger partial charge < -0.3 is 26.0 Å². The zero-order chi connectivity index (χ0) is 23.8. The third-order valence-corrected chi connectivity index (χ3v) is 5.76. The number of amides is 2. The van der Waals surface area contributed by atoms with E-state index in [-0.39, 0.29) is 5.82 Å². The average molecular weight is 482 g/mol. The monoisotopic (exact) mass is 481 g/mol. The van der Waals surface area contributed by atoms with E-state index in [9.17, 15) is 4.79 Å². The fourth-order valence-electron chi connectivity index (χ4n) is 3.65. The van der Waals surface area contributed by atoms with Gasteiger partial charge in [-0.05, 0) is 48.4 Å². The van der Waals surface area contributed by atoms with Gasteiger partial charge in [0.25, 0.3) is 0 Å². The molecule has 1 aliphatic rings. The fourth-order valence-corrected chi connectivity index (χ4v) is 3.92. The molecule has 4 rings (SSSR count). The summed E-state index contributed by atoms with van der Waals surface area (Å²) in [5.74, 6) is 0.584. The Morgan fingerprint density at radius 3 is 2.71 bits per heavy atom. The van der Waals surface area contributed by atoms with Gasteiger partial charge in [-0.3, -0.25) is 5.32 Å². The van der Waals surface area contributed by atoms with Crippen LogP contribution in [0.25, 0.3) is 0 Å². The molecule has 1 fully saturated rings. The molecule has 0 radical (unpaired) electrons. The predicted molar refractivity (Wildman–Crippen MR) is 135 cm³/mol. The molecule has 178 valence electrons. The molecular formula is C24H28ClN7O2. The average Bonchev–Trinajstić information content (AvgIpc) is 2.85. The van der Waals surface area contributed by atoms with Gasteiger partial charge in [-0.2, -0.15) is 0 Å². The Kier molecular flexibility index (Phi) is 8.13. The number of nitrogens with zero attached hydrogens (tertiary/aromatic N) is 3. The fraction of sp³-hybridized carbons (Fsp3) is 0.292. The van der Waals surface area contributed by atoms with E-state index in [1.165, 1.54) is 23.6 Å². The van der Waals surface area contributed by atoms with Crippen LogP contribution in [0.5, 0.6) is 0 Å². The molecule has 1 saturated heterocycles. The van der Waals surface area contributed by atoms with E-state index in [1.54, 1.807) is 6.07 Å².